The van der Waals surface area contributed by atoms with E-state index in [-0.39, 0.29) is 23.2 Å². The number of carbonyl (C=O) groups is 1. The van der Waals surface area contributed by atoms with E-state index in [1.165, 1.54) is 15.6 Å². The Morgan fingerprint density at radius 3 is 2.56 bits per heavy atom. The maximum atomic E-state index is 12.7. The van der Waals surface area contributed by atoms with Crippen LogP contribution in [0.4, 0.5) is 0 Å². The fourth-order valence-electron chi connectivity index (χ4n) is 2.53. The van der Waals surface area contributed by atoms with Crippen molar-refractivity contribution in [3.63, 3.8) is 0 Å². The van der Waals surface area contributed by atoms with Crippen LogP contribution in [0.25, 0.3) is 5.69 Å². The summed E-state index contributed by atoms with van der Waals surface area (Å²) in [6.45, 7) is 0.00957. The number of aromatic amines is 1. The number of hydrogen-bond donors (Lipinski definition) is 1. The smallest absolute Gasteiger partial charge is 0.432 e. The summed E-state index contributed by atoms with van der Waals surface area (Å²) in [5.41, 5.74) is 0.621. The van der Waals surface area contributed by atoms with E-state index in [4.69, 9.17) is 32.5 Å². The second-order valence-corrected chi connectivity index (χ2v) is 6.59. The van der Waals surface area contributed by atoms with Gasteiger partial charge in [0, 0.05) is 24.2 Å². The van der Waals surface area contributed by atoms with Crippen LogP contribution in [0.1, 0.15) is 16.1 Å². The van der Waals surface area contributed by atoms with Crippen molar-refractivity contribution in [3.05, 3.63) is 74.2 Å². The van der Waals surface area contributed by atoms with Gasteiger partial charge in [0.05, 0.1) is 17.7 Å². The van der Waals surface area contributed by atoms with E-state index in [2.05, 4.69) is 5.27 Å². The van der Waals surface area contributed by atoms with Gasteiger partial charge in [0.2, 0.25) is 5.69 Å². The summed E-state index contributed by atoms with van der Waals surface area (Å²) in [5, 5.41) is 3.21. The first-order chi connectivity index (χ1) is 12.9. The van der Waals surface area contributed by atoms with Crippen molar-refractivity contribution in [2.45, 2.75) is 6.54 Å². The second-order valence-electron chi connectivity index (χ2n) is 5.75. The van der Waals surface area contributed by atoms with Gasteiger partial charge in [-0.2, -0.15) is 0 Å². The summed E-state index contributed by atoms with van der Waals surface area (Å²) >= 11 is 12.0. The molecule has 9 heteroatoms. The van der Waals surface area contributed by atoms with Gasteiger partial charge >= 0.3 is 11.3 Å². The van der Waals surface area contributed by atoms with E-state index in [9.17, 15) is 9.59 Å². The summed E-state index contributed by atoms with van der Waals surface area (Å²) in [6, 6.07) is 11.6. The Morgan fingerprint density at radius 1 is 1.22 bits per heavy atom. The molecule has 0 saturated heterocycles. The third kappa shape index (κ3) is 3.99. The monoisotopic (exact) mass is 408 g/mol. The number of aromatic nitrogens is 2. The molecule has 1 heterocycles. The summed E-state index contributed by atoms with van der Waals surface area (Å²) in [4.78, 5) is 26.2. The van der Waals surface area contributed by atoms with Crippen LogP contribution in [0.3, 0.4) is 0 Å². The van der Waals surface area contributed by atoms with E-state index in [0.29, 0.717) is 22.0 Å². The average Bonchev–Trinajstić information content (AvgIpc) is 3.02. The molecule has 0 radical (unpaired) electrons. The molecule has 2 aromatic carbocycles. The van der Waals surface area contributed by atoms with Gasteiger partial charge in [-0.15, -0.1) is 0 Å². The number of halogens is 2. The maximum absolute atomic E-state index is 12.7. The zero-order valence-corrected chi connectivity index (χ0v) is 16.0. The van der Waals surface area contributed by atoms with Gasteiger partial charge < -0.3 is 9.64 Å². The molecule has 0 atom stereocenters. The molecule has 0 aliphatic heterocycles. The number of nitrogens with one attached hydrogen (secondary N) is 1. The highest BCUT2D eigenvalue weighted by Gasteiger charge is 2.27. The predicted octanol–water partition coefficient (Wildman–Crippen LogP) is 2.83. The molecule has 0 aliphatic rings. The highest BCUT2D eigenvalue weighted by atomic mass is 35.5. The first-order valence-corrected chi connectivity index (χ1v) is 8.63. The van der Waals surface area contributed by atoms with Crippen molar-refractivity contribution in [2.75, 3.05) is 14.2 Å². The Hall–Kier alpha value is -2.77. The van der Waals surface area contributed by atoms with Crippen molar-refractivity contribution < 1.29 is 18.7 Å². The van der Waals surface area contributed by atoms with E-state index >= 15 is 0 Å². The Morgan fingerprint density at radius 2 is 1.93 bits per heavy atom. The highest BCUT2D eigenvalue weighted by Crippen LogP contribution is 2.22. The van der Waals surface area contributed by atoms with E-state index in [1.54, 1.807) is 50.6 Å². The average molecular weight is 409 g/mol. The minimum Gasteiger partial charge on any atom is -0.497 e. The molecule has 7 nitrogen and oxygen atoms in total. The van der Waals surface area contributed by atoms with Gasteiger partial charge in [-0.05, 0) is 40.3 Å². The van der Waals surface area contributed by atoms with E-state index < -0.39 is 5.63 Å². The number of nitrogens with zero attached hydrogens (tertiary/aromatic N) is 2. The van der Waals surface area contributed by atoms with Crippen molar-refractivity contribution >= 4 is 29.1 Å². The lowest BCUT2D eigenvalue weighted by Crippen LogP contribution is -2.42. The van der Waals surface area contributed by atoms with Crippen LogP contribution in [0.2, 0.25) is 10.0 Å². The van der Waals surface area contributed by atoms with Crippen LogP contribution >= 0.6 is 23.2 Å². The van der Waals surface area contributed by atoms with Crippen molar-refractivity contribution in [3.8, 4) is 11.4 Å². The van der Waals surface area contributed by atoms with Crippen molar-refractivity contribution in [1.82, 2.24) is 10.2 Å². The number of carbonyl (C=O) groups excluding carboxylic acids is 1. The fraction of sp³-hybridized carbons (Fsp3) is 0.167. The normalized spacial score (nSPS) is 10.7. The largest absolute Gasteiger partial charge is 0.497 e. The van der Waals surface area contributed by atoms with Gasteiger partial charge in [-0.3, -0.25) is 9.32 Å². The fourth-order valence-corrected chi connectivity index (χ4v) is 3.02. The number of H-pyrrole nitrogens is 1. The van der Waals surface area contributed by atoms with Gasteiger partial charge in [-0.25, -0.2) is 4.79 Å². The van der Waals surface area contributed by atoms with Gasteiger partial charge in [0.15, 0.2) is 0 Å². The molecule has 3 aromatic rings. The topological polar surface area (TPSA) is 79.4 Å². The highest BCUT2D eigenvalue weighted by molar-refractivity contribution is 6.36. The first-order valence-electron chi connectivity index (χ1n) is 7.88. The number of benzene rings is 2. The number of ether oxygens (including phenoxy) is 1. The molecule has 1 amide bonds. The number of hydrogen-bond acceptors (Lipinski definition) is 4. The third-order valence-corrected chi connectivity index (χ3v) is 4.51. The Kier molecular flexibility index (Phi) is 5.53. The molecule has 0 aliphatic carbocycles. The molecule has 0 spiro atoms. The van der Waals surface area contributed by atoms with Gasteiger partial charge in [-0.1, -0.05) is 23.2 Å². The Balaban J connectivity index is 1.87. The minimum absolute atomic E-state index is 0.00957. The SMILES string of the molecule is COc1ccc(-[n+]2[nH]oc(=O)c2CN(C)C(=O)c2ccc(Cl)cc2Cl)cc1. The molecule has 27 heavy (non-hydrogen) atoms. The minimum atomic E-state index is -0.576. The van der Waals surface area contributed by atoms with Crippen LogP contribution in [-0.4, -0.2) is 30.2 Å². The third-order valence-electron chi connectivity index (χ3n) is 3.96. The van der Waals surface area contributed by atoms with E-state index in [0.717, 1.165) is 0 Å². The molecular formula is C18H16Cl2N3O4+. The zero-order valence-electron chi connectivity index (χ0n) is 14.5. The molecule has 140 valence electrons. The van der Waals surface area contributed by atoms with Crippen LogP contribution < -0.4 is 15.0 Å². The van der Waals surface area contributed by atoms with Crippen LogP contribution in [0.15, 0.2) is 51.8 Å². The maximum Gasteiger partial charge on any atom is 0.432 e. The lowest BCUT2D eigenvalue weighted by Gasteiger charge is -2.15. The standard InChI is InChI=1S/C18H15Cl2N3O4/c1-22(17(24)14-8-3-11(19)9-15(14)20)10-16-18(25)27-21-23(16)12-4-6-13(26-2)7-5-12/h3-9H,10H2,1-2H3/p+1. The van der Waals surface area contributed by atoms with Crippen molar-refractivity contribution in [1.29, 1.82) is 0 Å². The summed E-state index contributed by atoms with van der Waals surface area (Å²) < 4.78 is 11.5. The van der Waals surface area contributed by atoms with Crippen molar-refractivity contribution in [2.24, 2.45) is 0 Å². The van der Waals surface area contributed by atoms with Crippen LogP contribution in [-0.2, 0) is 6.54 Å². The number of rotatable bonds is 5. The summed E-state index contributed by atoms with van der Waals surface area (Å²) in [7, 11) is 3.13. The quantitative estimate of drug-likeness (QED) is 0.658. The lowest BCUT2D eigenvalue weighted by atomic mass is 10.2. The van der Waals surface area contributed by atoms with E-state index in [1.807, 2.05) is 0 Å². The molecule has 3 rings (SSSR count). The molecule has 0 bridgehead atoms. The molecule has 0 saturated carbocycles. The molecule has 1 N–H and O–H groups in total. The molecule has 0 fully saturated rings. The molecular weight excluding hydrogens is 393 g/mol. The number of methoxy groups -OCH3 is 1. The first kappa shape index (κ1) is 19.0. The molecule has 1 aromatic heterocycles. The second kappa shape index (κ2) is 7.85. The van der Waals surface area contributed by atoms with Crippen LogP contribution in [0.5, 0.6) is 5.75 Å². The lowest BCUT2D eigenvalue weighted by molar-refractivity contribution is -0.678. The summed E-state index contributed by atoms with van der Waals surface area (Å²) in [6.07, 6.45) is 0. The Labute approximate surface area is 164 Å². The van der Waals surface area contributed by atoms with Gasteiger partial charge in [0.1, 0.15) is 12.3 Å². The van der Waals surface area contributed by atoms with Gasteiger partial charge in [0.25, 0.3) is 5.91 Å². The number of amides is 1. The predicted molar refractivity (Wildman–Crippen MR) is 99.7 cm³/mol. The summed E-state index contributed by atoms with van der Waals surface area (Å²) in [5.74, 6) is 0.329. The van der Waals surface area contributed by atoms with Crippen LogP contribution in [0, 0.1) is 0 Å². The molecule has 0 unspecified atom stereocenters. The Bertz CT molecular complexity index is 1030. The zero-order chi connectivity index (χ0) is 19.6.